The Morgan fingerprint density at radius 3 is 2.62 bits per heavy atom. The van der Waals surface area contributed by atoms with Crippen LogP contribution >= 0.6 is 11.3 Å². The molecule has 0 atom stereocenters. The van der Waals surface area contributed by atoms with Crippen LogP contribution in [0.3, 0.4) is 0 Å². The smallest absolute Gasteiger partial charge is 0.348 e. The SMILES string of the molecule is CCCC(=O)Nc1ccc(C(=O)COC(=O)c2cc3c(s2)CCC3)cc1. The third-order valence-corrected chi connectivity index (χ3v) is 5.47. The van der Waals surface area contributed by atoms with Crippen molar-refractivity contribution in [1.82, 2.24) is 0 Å². The highest BCUT2D eigenvalue weighted by Crippen LogP contribution is 2.30. The number of hydrogen-bond acceptors (Lipinski definition) is 5. The van der Waals surface area contributed by atoms with Gasteiger partial charge in [0.1, 0.15) is 4.88 Å². The zero-order valence-corrected chi connectivity index (χ0v) is 15.5. The van der Waals surface area contributed by atoms with Crippen molar-refractivity contribution >= 4 is 34.7 Å². The third kappa shape index (κ3) is 4.38. The minimum atomic E-state index is -0.443. The highest BCUT2D eigenvalue weighted by Gasteiger charge is 2.20. The molecule has 1 aliphatic rings. The fraction of sp³-hybridized carbons (Fsp3) is 0.350. The van der Waals surface area contributed by atoms with Crippen molar-refractivity contribution in [1.29, 1.82) is 0 Å². The van der Waals surface area contributed by atoms with Crippen molar-refractivity contribution in [3.05, 3.63) is 51.2 Å². The van der Waals surface area contributed by atoms with Gasteiger partial charge in [0.2, 0.25) is 5.91 Å². The van der Waals surface area contributed by atoms with Gasteiger partial charge in [0, 0.05) is 22.5 Å². The Morgan fingerprint density at radius 2 is 1.92 bits per heavy atom. The van der Waals surface area contributed by atoms with E-state index in [1.807, 2.05) is 13.0 Å². The van der Waals surface area contributed by atoms with Gasteiger partial charge >= 0.3 is 5.97 Å². The maximum Gasteiger partial charge on any atom is 0.348 e. The van der Waals surface area contributed by atoms with Gasteiger partial charge < -0.3 is 10.1 Å². The molecule has 0 radical (unpaired) electrons. The van der Waals surface area contributed by atoms with Crippen LogP contribution in [0.4, 0.5) is 5.69 Å². The van der Waals surface area contributed by atoms with Crippen LogP contribution in [0, 0.1) is 0 Å². The summed E-state index contributed by atoms with van der Waals surface area (Å²) >= 11 is 1.46. The van der Waals surface area contributed by atoms with E-state index in [2.05, 4.69) is 5.32 Å². The average Bonchev–Trinajstić information content (AvgIpc) is 3.22. The van der Waals surface area contributed by atoms with Crippen LogP contribution in [0.2, 0.25) is 0 Å². The number of carbonyl (C=O) groups is 3. The molecule has 3 rings (SSSR count). The van der Waals surface area contributed by atoms with Crippen molar-refractivity contribution in [2.45, 2.75) is 39.0 Å². The van der Waals surface area contributed by atoms with E-state index in [9.17, 15) is 14.4 Å². The molecule has 26 heavy (non-hydrogen) atoms. The lowest BCUT2D eigenvalue weighted by atomic mass is 10.1. The highest BCUT2D eigenvalue weighted by atomic mass is 32.1. The van der Waals surface area contributed by atoms with Crippen molar-refractivity contribution in [2.24, 2.45) is 0 Å². The summed E-state index contributed by atoms with van der Waals surface area (Å²) in [6.07, 6.45) is 4.42. The van der Waals surface area contributed by atoms with Gasteiger partial charge in [0.05, 0.1) is 0 Å². The second kappa shape index (κ2) is 8.27. The summed E-state index contributed by atoms with van der Waals surface area (Å²) in [5, 5.41) is 2.77. The molecule has 1 aromatic carbocycles. The van der Waals surface area contributed by atoms with Gasteiger partial charge in [-0.25, -0.2) is 4.79 Å². The van der Waals surface area contributed by atoms with Gasteiger partial charge in [-0.05, 0) is 61.6 Å². The van der Waals surface area contributed by atoms with Crippen LogP contribution in [0.25, 0.3) is 0 Å². The quantitative estimate of drug-likeness (QED) is 0.589. The number of ether oxygens (including phenoxy) is 1. The zero-order valence-electron chi connectivity index (χ0n) is 14.7. The standard InChI is InChI=1S/C20H21NO4S/c1-2-4-19(23)21-15-9-7-13(8-10-15)16(22)12-25-20(24)18-11-14-5-3-6-17(14)26-18/h7-11H,2-6,12H2,1H3,(H,21,23). The van der Waals surface area contributed by atoms with Crippen LogP contribution in [0.15, 0.2) is 30.3 Å². The number of ketones is 1. The number of fused-ring (bicyclic) bond motifs is 1. The summed E-state index contributed by atoms with van der Waals surface area (Å²) < 4.78 is 5.16. The first-order valence-corrected chi connectivity index (χ1v) is 9.60. The fourth-order valence-electron chi connectivity index (χ4n) is 2.91. The zero-order chi connectivity index (χ0) is 18.5. The van der Waals surface area contributed by atoms with Crippen molar-refractivity contribution < 1.29 is 19.1 Å². The molecule has 0 aliphatic heterocycles. The lowest BCUT2D eigenvalue weighted by Gasteiger charge is -2.06. The summed E-state index contributed by atoms with van der Waals surface area (Å²) in [4.78, 5) is 37.7. The second-order valence-corrected chi connectivity index (χ2v) is 7.42. The van der Waals surface area contributed by atoms with Gasteiger partial charge in [0.15, 0.2) is 12.4 Å². The molecule has 6 heteroatoms. The predicted octanol–water partition coefficient (Wildman–Crippen LogP) is 4.02. The van der Waals surface area contributed by atoms with E-state index in [4.69, 9.17) is 4.74 Å². The van der Waals surface area contributed by atoms with Crippen molar-refractivity contribution in [3.8, 4) is 0 Å². The Labute approximate surface area is 156 Å². The van der Waals surface area contributed by atoms with Gasteiger partial charge in [-0.2, -0.15) is 0 Å². The highest BCUT2D eigenvalue weighted by molar-refractivity contribution is 7.14. The lowest BCUT2D eigenvalue weighted by molar-refractivity contribution is -0.116. The number of benzene rings is 1. The van der Waals surface area contributed by atoms with Crippen LogP contribution in [-0.4, -0.2) is 24.3 Å². The molecular formula is C20H21NO4S. The van der Waals surface area contributed by atoms with Gasteiger partial charge in [-0.1, -0.05) is 6.92 Å². The number of nitrogens with one attached hydrogen (secondary N) is 1. The molecule has 0 spiro atoms. The van der Waals surface area contributed by atoms with Crippen LogP contribution < -0.4 is 5.32 Å². The van der Waals surface area contributed by atoms with Crippen LogP contribution in [0.1, 0.15) is 56.7 Å². The summed E-state index contributed by atoms with van der Waals surface area (Å²) in [7, 11) is 0. The number of rotatable bonds is 7. The first-order chi connectivity index (χ1) is 12.6. The predicted molar refractivity (Wildman–Crippen MR) is 101 cm³/mol. The minimum Gasteiger partial charge on any atom is -0.453 e. The molecule has 0 bridgehead atoms. The van der Waals surface area contributed by atoms with Crippen LogP contribution in [0.5, 0.6) is 0 Å². The molecule has 2 aromatic rings. The normalized spacial score (nSPS) is 12.5. The number of thiophene rings is 1. The van der Waals surface area contributed by atoms with Gasteiger partial charge in [-0.15, -0.1) is 11.3 Å². The number of carbonyl (C=O) groups excluding carboxylic acids is 3. The number of hydrogen-bond donors (Lipinski definition) is 1. The van der Waals surface area contributed by atoms with E-state index < -0.39 is 5.97 Å². The average molecular weight is 371 g/mol. The molecule has 5 nitrogen and oxygen atoms in total. The number of anilines is 1. The summed E-state index contributed by atoms with van der Waals surface area (Å²) in [5.41, 5.74) is 2.32. The Bertz CT molecular complexity index is 801. The molecular weight excluding hydrogens is 350 g/mol. The van der Waals surface area contributed by atoms with E-state index >= 15 is 0 Å². The molecule has 1 heterocycles. The summed E-state index contributed by atoms with van der Waals surface area (Å²) in [6, 6.07) is 8.47. The van der Waals surface area contributed by atoms with Crippen LogP contribution in [-0.2, 0) is 22.4 Å². The molecule has 1 amide bonds. The monoisotopic (exact) mass is 371 g/mol. The Kier molecular flexibility index (Phi) is 5.83. The number of aryl methyl sites for hydroxylation is 2. The van der Waals surface area contributed by atoms with E-state index in [-0.39, 0.29) is 18.3 Å². The van der Waals surface area contributed by atoms with Crippen molar-refractivity contribution in [3.63, 3.8) is 0 Å². The Morgan fingerprint density at radius 1 is 1.15 bits per heavy atom. The minimum absolute atomic E-state index is 0.0525. The van der Waals surface area contributed by atoms with E-state index in [1.165, 1.54) is 21.8 Å². The largest absolute Gasteiger partial charge is 0.453 e. The maximum atomic E-state index is 12.2. The topological polar surface area (TPSA) is 72.5 Å². The number of amides is 1. The molecule has 0 saturated heterocycles. The fourth-order valence-corrected chi connectivity index (χ4v) is 4.05. The first-order valence-electron chi connectivity index (χ1n) is 8.78. The van der Waals surface area contributed by atoms with E-state index in [0.29, 0.717) is 22.5 Å². The molecule has 1 aromatic heterocycles. The molecule has 0 saturated carbocycles. The summed E-state index contributed by atoms with van der Waals surface area (Å²) in [6.45, 7) is 1.65. The number of esters is 1. The van der Waals surface area contributed by atoms with E-state index in [0.717, 1.165) is 25.7 Å². The van der Waals surface area contributed by atoms with Crippen molar-refractivity contribution in [2.75, 3.05) is 11.9 Å². The molecule has 1 N–H and O–H groups in total. The first kappa shape index (κ1) is 18.3. The third-order valence-electron chi connectivity index (χ3n) is 4.25. The Hall–Kier alpha value is -2.47. The second-order valence-electron chi connectivity index (χ2n) is 6.29. The van der Waals surface area contributed by atoms with Gasteiger partial charge in [0.25, 0.3) is 0 Å². The Balaban J connectivity index is 1.52. The van der Waals surface area contributed by atoms with Gasteiger partial charge in [-0.3, -0.25) is 9.59 Å². The maximum absolute atomic E-state index is 12.2. The molecule has 1 aliphatic carbocycles. The molecule has 0 fully saturated rings. The summed E-state index contributed by atoms with van der Waals surface area (Å²) in [5.74, 6) is -0.765. The molecule has 136 valence electrons. The number of Topliss-reactive ketones (excluding diaryl/α,β-unsaturated/α-hetero) is 1. The lowest BCUT2D eigenvalue weighted by Crippen LogP contribution is -2.14. The van der Waals surface area contributed by atoms with E-state index in [1.54, 1.807) is 24.3 Å². The molecule has 0 unspecified atom stereocenters.